The van der Waals surface area contributed by atoms with Gasteiger partial charge in [-0.3, -0.25) is 4.99 Å². The third kappa shape index (κ3) is 8.05. The number of guanidine groups is 1. The molecule has 1 aliphatic rings. The number of rotatable bonds is 10. The molecule has 0 aliphatic carbocycles. The van der Waals surface area contributed by atoms with Crippen LogP contribution in [-0.2, 0) is 16.0 Å². The Hall–Kier alpha value is -1.36. The molecule has 0 amide bonds. The van der Waals surface area contributed by atoms with Crippen LogP contribution in [0.25, 0.3) is 11.1 Å². The van der Waals surface area contributed by atoms with Crippen LogP contribution < -0.4 is 15.4 Å². The summed E-state index contributed by atoms with van der Waals surface area (Å²) >= 11 is 1.75. The standard InChI is InChI=1S/C22H31N3O3S.HI/c1-23-22(24-9-3-10-27-14-17-8-11-28-15-17)25-13-21-12-19(16-29-21)18-4-6-20(26-2)7-5-18;/h4-7,12,16-17H,3,8-11,13-15H2,1-2H3,(H2,23,24,25);1H. The highest BCUT2D eigenvalue weighted by atomic mass is 127. The number of hydrogen-bond acceptors (Lipinski definition) is 5. The lowest BCUT2D eigenvalue weighted by Crippen LogP contribution is -2.37. The van der Waals surface area contributed by atoms with E-state index in [9.17, 15) is 0 Å². The fourth-order valence-electron chi connectivity index (χ4n) is 3.15. The summed E-state index contributed by atoms with van der Waals surface area (Å²) in [5.41, 5.74) is 2.42. The van der Waals surface area contributed by atoms with Crippen molar-refractivity contribution in [3.8, 4) is 16.9 Å². The summed E-state index contributed by atoms with van der Waals surface area (Å²) in [6, 6.07) is 10.4. The Morgan fingerprint density at radius 2 is 2.07 bits per heavy atom. The quantitative estimate of drug-likeness (QED) is 0.203. The molecule has 0 saturated carbocycles. The predicted molar refractivity (Wildman–Crippen MR) is 134 cm³/mol. The van der Waals surface area contributed by atoms with Crippen molar-refractivity contribution < 1.29 is 14.2 Å². The van der Waals surface area contributed by atoms with Gasteiger partial charge in [0.15, 0.2) is 5.96 Å². The maximum absolute atomic E-state index is 5.74. The Morgan fingerprint density at radius 1 is 1.23 bits per heavy atom. The van der Waals surface area contributed by atoms with Gasteiger partial charge in [-0.1, -0.05) is 12.1 Å². The van der Waals surface area contributed by atoms with Gasteiger partial charge in [0.1, 0.15) is 5.75 Å². The number of benzene rings is 1. The fraction of sp³-hybridized carbons (Fsp3) is 0.500. The second-order valence-corrected chi connectivity index (χ2v) is 8.04. The summed E-state index contributed by atoms with van der Waals surface area (Å²) in [5.74, 6) is 2.26. The predicted octanol–water partition coefficient (Wildman–Crippen LogP) is 4.15. The van der Waals surface area contributed by atoms with E-state index in [2.05, 4.69) is 39.2 Å². The zero-order valence-corrected chi connectivity index (χ0v) is 20.8. The van der Waals surface area contributed by atoms with Crippen LogP contribution in [-0.4, -0.2) is 53.1 Å². The highest BCUT2D eigenvalue weighted by Gasteiger charge is 2.15. The minimum atomic E-state index is 0. The van der Waals surface area contributed by atoms with Gasteiger partial charge in [0, 0.05) is 37.6 Å². The first kappa shape index (κ1) is 24.9. The van der Waals surface area contributed by atoms with E-state index in [4.69, 9.17) is 14.2 Å². The number of thiophene rings is 1. The monoisotopic (exact) mass is 545 g/mol. The molecule has 30 heavy (non-hydrogen) atoms. The molecule has 166 valence electrons. The largest absolute Gasteiger partial charge is 0.497 e. The van der Waals surface area contributed by atoms with Crippen molar-refractivity contribution in [1.29, 1.82) is 0 Å². The van der Waals surface area contributed by atoms with E-state index in [1.54, 1.807) is 25.5 Å². The maximum Gasteiger partial charge on any atom is 0.191 e. The minimum Gasteiger partial charge on any atom is -0.497 e. The lowest BCUT2D eigenvalue weighted by Gasteiger charge is -2.12. The van der Waals surface area contributed by atoms with Crippen LogP contribution in [0.15, 0.2) is 40.7 Å². The summed E-state index contributed by atoms with van der Waals surface area (Å²) in [6.45, 7) is 4.88. The number of hydrogen-bond donors (Lipinski definition) is 2. The fourth-order valence-corrected chi connectivity index (χ4v) is 3.98. The molecule has 1 aromatic heterocycles. The first-order valence-electron chi connectivity index (χ1n) is 10.1. The van der Waals surface area contributed by atoms with Crippen LogP contribution >= 0.6 is 35.3 Å². The molecule has 2 N–H and O–H groups in total. The van der Waals surface area contributed by atoms with E-state index >= 15 is 0 Å². The number of methoxy groups -OCH3 is 1. The smallest absolute Gasteiger partial charge is 0.191 e. The molecule has 1 atom stereocenters. The van der Waals surface area contributed by atoms with Crippen LogP contribution in [0.4, 0.5) is 0 Å². The SMILES string of the molecule is CN=C(NCCCOCC1CCOC1)NCc1cc(-c2ccc(OC)cc2)cs1.I. The molecule has 6 nitrogen and oxygen atoms in total. The van der Waals surface area contributed by atoms with Gasteiger partial charge in [-0.2, -0.15) is 0 Å². The van der Waals surface area contributed by atoms with Crippen LogP contribution in [0.5, 0.6) is 5.75 Å². The van der Waals surface area contributed by atoms with Crippen LogP contribution in [0.3, 0.4) is 0 Å². The van der Waals surface area contributed by atoms with Crippen LogP contribution in [0.2, 0.25) is 0 Å². The Balaban J connectivity index is 0.00000320. The van der Waals surface area contributed by atoms with Crippen molar-refractivity contribution in [3.05, 3.63) is 40.6 Å². The number of halogens is 1. The number of aliphatic imine (C=N–C) groups is 1. The van der Waals surface area contributed by atoms with Gasteiger partial charge >= 0.3 is 0 Å². The summed E-state index contributed by atoms with van der Waals surface area (Å²) in [5, 5.41) is 8.90. The topological polar surface area (TPSA) is 64.1 Å². The molecule has 1 aromatic carbocycles. The normalized spacial score (nSPS) is 16.2. The first-order valence-corrected chi connectivity index (χ1v) is 11.0. The Labute approximate surface area is 200 Å². The first-order chi connectivity index (χ1) is 14.3. The third-order valence-electron chi connectivity index (χ3n) is 4.87. The van der Waals surface area contributed by atoms with Gasteiger partial charge < -0.3 is 24.8 Å². The van der Waals surface area contributed by atoms with Gasteiger partial charge in [-0.05, 0) is 47.5 Å². The van der Waals surface area contributed by atoms with Crippen molar-refractivity contribution >= 4 is 41.3 Å². The zero-order valence-electron chi connectivity index (χ0n) is 17.7. The average Bonchev–Trinajstić information content (AvgIpc) is 3.45. The summed E-state index contributed by atoms with van der Waals surface area (Å²) in [7, 11) is 3.48. The molecule has 0 spiro atoms. The molecule has 8 heteroatoms. The van der Waals surface area contributed by atoms with E-state index in [0.29, 0.717) is 5.92 Å². The molecule has 1 fully saturated rings. The summed E-state index contributed by atoms with van der Waals surface area (Å²) < 4.78 is 16.3. The van der Waals surface area contributed by atoms with Crippen molar-refractivity contribution in [2.45, 2.75) is 19.4 Å². The van der Waals surface area contributed by atoms with Gasteiger partial charge in [-0.25, -0.2) is 0 Å². The summed E-state index contributed by atoms with van der Waals surface area (Å²) in [6.07, 6.45) is 2.08. The van der Waals surface area contributed by atoms with Crippen molar-refractivity contribution in [2.75, 3.05) is 47.1 Å². The van der Waals surface area contributed by atoms with Gasteiger partial charge in [0.2, 0.25) is 0 Å². The van der Waals surface area contributed by atoms with Crippen molar-refractivity contribution in [3.63, 3.8) is 0 Å². The maximum atomic E-state index is 5.74. The highest BCUT2D eigenvalue weighted by Crippen LogP contribution is 2.27. The Morgan fingerprint density at radius 3 is 2.77 bits per heavy atom. The third-order valence-corrected chi connectivity index (χ3v) is 5.80. The molecule has 2 aromatic rings. The molecule has 0 radical (unpaired) electrons. The molecular formula is C22H32IN3O3S. The Bertz CT molecular complexity index is 761. The molecular weight excluding hydrogens is 513 g/mol. The van der Waals surface area contributed by atoms with Crippen molar-refractivity contribution in [2.24, 2.45) is 10.9 Å². The molecule has 0 bridgehead atoms. The van der Waals surface area contributed by atoms with E-state index < -0.39 is 0 Å². The van der Waals surface area contributed by atoms with E-state index in [1.807, 2.05) is 12.1 Å². The van der Waals surface area contributed by atoms with E-state index in [1.165, 1.54) is 16.0 Å². The average molecular weight is 545 g/mol. The number of nitrogens with one attached hydrogen (secondary N) is 2. The summed E-state index contributed by atoms with van der Waals surface area (Å²) in [4.78, 5) is 5.56. The second kappa shape index (κ2) is 13.8. The lowest BCUT2D eigenvalue weighted by molar-refractivity contribution is 0.0888. The van der Waals surface area contributed by atoms with Gasteiger partial charge in [0.05, 0.1) is 26.9 Å². The zero-order chi connectivity index (χ0) is 20.3. The number of nitrogens with zero attached hydrogens (tertiary/aromatic N) is 1. The van der Waals surface area contributed by atoms with Gasteiger partial charge in [0.25, 0.3) is 0 Å². The van der Waals surface area contributed by atoms with E-state index in [0.717, 1.165) is 64.1 Å². The van der Waals surface area contributed by atoms with Crippen LogP contribution in [0.1, 0.15) is 17.7 Å². The van der Waals surface area contributed by atoms with Gasteiger partial charge in [-0.15, -0.1) is 35.3 Å². The van der Waals surface area contributed by atoms with Crippen molar-refractivity contribution in [1.82, 2.24) is 10.6 Å². The van der Waals surface area contributed by atoms with E-state index in [-0.39, 0.29) is 24.0 Å². The van der Waals surface area contributed by atoms with Crippen LogP contribution in [0, 0.1) is 5.92 Å². The molecule has 1 unspecified atom stereocenters. The molecule has 1 saturated heterocycles. The molecule has 1 aliphatic heterocycles. The second-order valence-electron chi connectivity index (χ2n) is 7.04. The Kier molecular flexibility index (Phi) is 11.5. The highest BCUT2D eigenvalue weighted by molar-refractivity contribution is 14.0. The molecule has 2 heterocycles. The lowest BCUT2D eigenvalue weighted by atomic mass is 10.1. The number of ether oxygens (including phenoxy) is 3. The molecule has 3 rings (SSSR count). The minimum absolute atomic E-state index is 0.